The third kappa shape index (κ3) is 8.55. The van der Waals surface area contributed by atoms with Gasteiger partial charge >= 0.3 is 0 Å². The van der Waals surface area contributed by atoms with E-state index in [2.05, 4.69) is 232 Å². The molecule has 426 valence electrons. The summed E-state index contributed by atoms with van der Waals surface area (Å²) in [7, 11) is 0. The smallest absolute Gasteiger partial charge is 0.292 e. The molecule has 2 aliphatic heterocycles. The van der Waals surface area contributed by atoms with Crippen molar-refractivity contribution in [3.63, 3.8) is 0 Å². The quantitative estimate of drug-likeness (QED) is 0.161. The van der Waals surface area contributed by atoms with E-state index in [-0.39, 0.29) is 97.9 Å². The van der Waals surface area contributed by atoms with Crippen LogP contribution in [0.15, 0.2) is 154 Å². The molecule has 5 heteroatoms. The van der Waals surface area contributed by atoms with Gasteiger partial charge in [-0.2, -0.15) is 0 Å². The zero-order valence-corrected chi connectivity index (χ0v) is 53.2. The molecular formula is C77H94BN3O. The molecule has 5 aliphatic carbocycles. The lowest BCUT2D eigenvalue weighted by atomic mass is 9.33. The third-order valence-corrected chi connectivity index (χ3v) is 21.7. The van der Waals surface area contributed by atoms with Gasteiger partial charge in [0.1, 0.15) is 5.58 Å². The number of nitrogens with zero attached hydrogens (tertiary/aromatic N) is 3. The summed E-state index contributed by atoms with van der Waals surface area (Å²) in [4.78, 5) is 7.40. The number of hydrogen-bond acceptors (Lipinski definition) is 4. The Bertz CT molecular complexity index is 4030. The van der Waals surface area contributed by atoms with Gasteiger partial charge in [-0.05, 0) is 204 Å². The van der Waals surface area contributed by atoms with E-state index in [9.17, 15) is 5.48 Å². The summed E-state index contributed by atoms with van der Waals surface area (Å²) in [6.07, 6.45) is 14.7. The summed E-state index contributed by atoms with van der Waals surface area (Å²) in [6, 6.07) is 26.1. The maximum atomic E-state index is 9.89. The fraction of sp³-hybridized carbons (Fsp3) is 0.481. The second-order valence-electron chi connectivity index (χ2n) is 32.3. The molecule has 3 unspecified atom stereocenters. The predicted molar refractivity (Wildman–Crippen MR) is 351 cm³/mol. The van der Waals surface area contributed by atoms with Crippen molar-refractivity contribution in [1.82, 2.24) is 0 Å². The van der Waals surface area contributed by atoms with Crippen LogP contribution < -0.4 is 25.8 Å². The van der Waals surface area contributed by atoms with Crippen LogP contribution in [-0.4, -0.2) is 18.8 Å². The predicted octanol–water partition coefficient (Wildman–Crippen LogP) is 19.3. The first kappa shape index (κ1) is 49.5. The van der Waals surface area contributed by atoms with Crippen molar-refractivity contribution in [1.29, 1.82) is 0 Å². The fourth-order valence-electron chi connectivity index (χ4n) is 16.0. The van der Waals surface area contributed by atoms with Crippen molar-refractivity contribution in [2.45, 2.75) is 221 Å². The Morgan fingerprint density at radius 2 is 1.12 bits per heavy atom. The lowest BCUT2D eigenvalue weighted by molar-refractivity contribution is 0.252. The van der Waals surface area contributed by atoms with Gasteiger partial charge in [-0.25, -0.2) is 0 Å². The van der Waals surface area contributed by atoms with E-state index in [4.69, 9.17) is 5.79 Å². The molecule has 4 nitrogen and oxygen atoms in total. The number of allylic oxidation sites excluding steroid dienone is 3. The van der Waals surface area contributed by atoms with Crippen LogP contribution in [-0.2, 0) is 32.5 Å². The highest BCUT2D eigenvalue weighted by molar-refractivity contribution is 6.93. The number of para-hydroxylation sites is 1. The minimum absolute atomic E-state index is 0.00808. The second-order valence-corrected chi connectivity index (χ2v) is 32.3. The van der Waals surface area contributed by atoms with Gasteiger partial charge in [0.05, 0.1) is 30.3 Å². The molecule has 3 atom stereocenters. The Morgan fingerprint density at radius 1 is 0.573 bits per heavy atom. The summed E-state index contributed by atoms with van der Waals surface area (Å²) >= 11 is 0. The lowest BCUT2D eigenvalue weighted by Gasteiger charge is -2.53. The minimum Gasteiger partial charge on any atom is -0.468 e. The minimum atomic E-state index is -0.405. The van der Waals surface area contributed by atoms with Crippen LogP contribution in [0.4, 0.5) is 28.4 Å². The molecule has 1 fully saturated rings. The van der Waals surface area contributed by atoms with Crippen molar-refractivity contribution >= 4 is 57.2 Å². The van der Waals surface area contributed by atoms with Crippen molar-refractivity contribution < 1.29 is 11.3 Å². The van der Waals surface area contributed by atoms with Gasteiger partial charge < -0.3 is 19.1 Å². The number of rotatable bonds is 5. The van der Waals surface area contributed by atoms with Gasteiger partial charge in [-0.15, -0.1) is 0 Å². The average Bonchev–Trinajstić information content (AvgIpc) is 1.70. The van der Waals surface area contributed by atoms with Crippen LogP contribution in [0.3, 0.4) is 0 Å². The maximum Gasteiger partial charge on any atom is 0.292 e. The van der Waals surface area contributed by atoms with E-state index in [0.29, 0.717) is 6.42 Å². The highest BCUT2D eigenvalue weighted by atomic mass is 16.3. The topological polar surface area (TPSA) is 22.9 Å². The molecule has 0 bridgehead atoms. The molecule has 0 radical (unpaired) electrons. The average molecular weight is 1090 g/mol. The number of benzene rings is 5. The van der Waals surface area contributed by atoms with Crippen LogP contribution in [0, 0.1) is 16.7 Å². The largest absolute Gasteiger partial charge is 0.468 e. The molecule has 0 amide bonds. The van der Waals surface area contributed by atoms with E-state index in [1.807, 2.05) is 4.90 Å². The molecule has 0 saturated heterocycles. The molecule has 0 N–H and O–H groups in total. The monoisotopic (exact) mass is 1090 g/mol. The molecule has 6 aromatic rings. The van der Waals surface area contributed by atoms with Gasteiger partial charge in [0.15, 0.2) is 0 Å². The van der Waals surface area contributed by atoms with E-state index in [1.165, 1.54) is 49.9 Å². The van der Waals surface area contributed by atoms with Crippen molar-refractivity contribution in [3.8, 4) is 0 Å². The molecule has 1 saturated carbocycles. The summed E-state index contributed by atoms with van der Waals surface area (Å²) < 4.78 is 55.1. The molecule has 0 spiro atoms. The first-order chi connectivity index (χ1) is 40.3. The number of anilines is 5. The van der Waals surface area contributed by atoms with E-state index in [0.717, 1.165) is 94.9 Å². The normalized spacial score (nSPS) is 25.1. The summed E-state index contributed by atoms with van der Waals surface area (Å²) in [5.41, 5.74) is 20.7. The van der Waals surface area contributed by atoms with Gasteiger partial charge in [0.25, 0.3) is 6.71 Å². The molecule has 7 aliphatic rings. The maximum absolute atomic E-state index is 9.89. The summed E-state index contributed by atoms with van der Waals surface area (Å²) in [5.74, 6) is 0.0951. The Kier molecular flexibility index (Phi) is 10.9. The Morgan fingerprint density at radius 3 is 1.73 bits per heavy atom. The third-order valence-electron chi connectivity index (χ3n) is 21.7. The SMILES string of the molecule is [2H]c1c([2H])c([2H])c(N(C2=CC3=C4B(c5ccc(C(C)(C)C)cc5N3C3C=C5C(=CC3C)C(C)(C)CCC5(C)C)c3oc5cc6c(cc5c3N(c3ccc5c(c3)C(C)(C)CCC5(C)C)C4C2)C(C)(C)CCC6(C)C)c2ccc(C(C)(C)C)cc2)c([2H])c1[2H]. The van der Waals surface area contributed by atoms with Crippen molar-refractivity contribution in [2.75, 3.05) is 14.7 Å². The Balaban J connectivity index is 1.19. The zero-order chi connectivity index (χ0) is 62.7. The Hall–Kier alpha value is -5.94. The molecule has 5 aromatic carbocycles. The van der Waals surface area contributed by atoms with Gasteiger partial charge in [-0.1, -0.05) is 192 Å². The van der Waals surface area contributed by atoms with Crippen LogP contribution in [0.25, 0.3) is 11.0 Å². The zero-order valence-electron chi connectivity index (χ0n) is 58.2. The van der Waals surface area contributed by atoms with Gasteiger partial charge in [-0.3, -0.25) is 0 Å². The molecule has 13 rings (SSSR count). The molecule has 1 aromatic heterocycles. The van der Waals surface area contributed by atoms with Crippen LogP contribution >= 0.6 is 0 Å². The standard InChI is InChI=1S/C77H94BN3O/c1-47-39-56-59(76(16,17)37-35-73(56,10)11)45-62(47)81-63-40-49(71(5,6)7)27-32-61(63)78-67-64(42-53(43-65(67)81)79(50-23-21-20-22-24-50)51-28-25-48(26-29-51)70(2,3)4)80(52-30-31-55-57(41-52)74(12,13)34-33-72(55,8)9)68-54-44-58-60(46-66(54)82-69(68)78)77(18,19)38-36-75(58,14)15/h20-32,39-41,43-47,62,64H,33-38,42H2,1-19H3/i20D,21D,22D,23D,24D. The van der Waals surface area contributed by atoms with Crippen LogP contribution in [0.5, 0.6) is 0 Å². The second kappa shape index (κ2) is 18.0. The van der Waals surface area contributed by atoms with Gasteiger partial charge in [0, 0.05) is 46.0 Å². The first-order valence-corrected chi connectivity index (χ1v) is 31.2. The molecule has 82 heavy (non-hydrogen) atoms. The van der Waals surface area contributed by atoms with Crippen LogP contribution in [0.2, 0.25) is 0 Å². The van der Waals surface area contributed by atoms with E-state index >= 15 is 0 Å². The van der Waals surface area contributed by atoms with E-state index in [1.54, 1.807) is 0 Å². The summed E-state index contributed by atoms with van der Waals surface area (Å²) in [5, 5.41) is 1.12. The number of furan rings is 1. The molecule has 3 heterocycles. The van der Waals surface area contributed by atoms with Crippen molar-refractivity contribution in [3.05, 3.63) is 183 Å². The highest BCUT2D eigenvalue weighted by Crippen LogP contribution is 2.58. The summed E-state index contributed by atoms with van der Waals surface area (Å²) in [6.45, 7) is 44.8. The Labute approximate surface area is 501 Å². The number of fused-ring (bicyclic) bond motifs is 9. The highest BCUT2D eigenvalue weighted by Gasteiger charge is 2.55. The van der Waals surface area contributed by atoms with Crippen LogP contribution in [0.1, 0.15) is 217 Å². The number of hydrogen-bond donors (Lipinski definition) is 0. The van der Waals surface area contributed by atoms with Crippen molar-refractivity contribution in [2.24, 2.45) is 16.7 Å². The van der Waals surface area contributed by atoms with Gasteiger partial charge in [0.2, 0.25) is 0 Å². The van der Waals surface area contributed by atoms with E-state index < -0.39 is 6.04 Å². The first-order valence-electron chi connectivity index (χ1n) is 33.7. The fourth-order valence-corrected chi connectivity index (χ4v) is 16.0. The lowest BCUT2D eigenvalue weighted by Crippen LogP contribution is -2.63. The molecular weight excluding hydrogens is 994 g/mol.